The summed E-state index contributed by atoms with van der Waals surface area (Å²) in [5, 5.41) is 17.9. The van der Waals surface area contributed by atoms with Crippen molar-refractivity contribution in [2.75, 3.05) is 4.72 Å². The Labute approximate surface area is 131 Å². The van der Waals surface area contributed by atoms with Gasteiger partial charge in [0.1, 0.15) is 16.8 Å². The third-order valence-electron chi connectivity index (χ3n) is 3.10. The van der Waals surface area contributed by atoms with Crippen molar-refractivity contribution in [2.45, 2.75) is 11.8 Å². The first-order valence-electron chi connectivity index (χ1n) is 6.31. The van der Waals surface area contributed by atoms with Crippen molar-refractivity contribution in [3.8, 4) is 6.07 Å². The molecule has 2 rings (SSSR count). The lowest BCUT2D eigenvalue weighted by Gasteiger charge is -2.11. The molecule has 0 aliphatic rings. The molecule has 0 unspecified atom stereocenters. The lowest BCUT2D eigenvalue weighted by atomic mass is 10.1. The van der Waals surface area contributed by atoms with E-state index in [0.29, 0.717) is 11.6 Å². The predicted molar refractivity (Wildman–Crippen MR) is 80.1 cm³/mol. The number of aryl methyl sites for hydroxylation is 1. The molecule has 23 heavy (non-hydrogen) atoms. The van der Waals surface area contributed by atoms with E-state index in [4.69, 9.17) is 10.4 Å². The van der Waals surface area contributed by atoms with E-state index in [1.165, 1.54) is 12.1 Å². The van der Waals surface area contributed by atoms with Crippen LogP contribution in [-0.2, 0) is 10.0 Å². The summed E-state index contributed by atoms with van der Waals surface area (Å²) >= 11 is 0. The first kappa shape index (κ1) is 16.5. The number of sulfonamides is 1. The average molecular weight is 334 g/mol. The number of halogens is 1. The molecule has 0 aromatic heterocycles. The zero-order valence-electron chi connectivity index (χ0n) is 11.9. The molecule has 2 aromatic rings. The van der Waals surface area contributed by atoms with Crippen LogP contribution in [0.2, 0.25) is 0 Å². The molecule has 0 aliphatic heterocycles. The third kappa shape index (κ3) is 3.30. The van der Waals surface area contributed by atoms with Crippen LogP contribution in [0.25, 0.3) is 0 Å². The fourth-order valence-electron chi connectivity index (χ4n) is 1.94. The van der Waals surface area contributed by atoms with Gasteiger partial charge in [0.2, 0.25) is 0 Å². The molecule has 118 valence electrons. The SMILES string of the molecule is Cc1cccc(S(=O)(=O)Nc2ccc(C(=O)O)cc2F)c1C#N. The Balaban J connectivity index is 2.46. The molecule has 0 spiro atoms. The zero-order valence-corrected chi connectivity index (χ0v) is 12.7. The first-order chi connectivity index (χ1) is 10.8. The topological polar surface area (TPSA) is 107 Å². The van der Waals surface area contributed by atoms with Crippen LogP contribution < -0.4 is 4.72 Å². The molecule has 0 radical (unpaired) electrons. The number of nitriles is 1. The number of anilines is 1. The minimum absolute atomic E-state index is 0.0393. The third-order valence-corrected chi connectivity index (χ3v) is 4.50. The quantitative estimate of drug-likeness (QED) is 0.893. The highest BCUT2D eigenvalue weighted by Crippen LogP contribution is 2.23. The second-order valence-corrected chi connectivity index (χ2v) is 6.32. The number of nitrogens with zero attached hydrogens (tertiary/aromatic N) is 1. The summed E-state index contributed by atoms with van der Waals surface area (Å²) in [6.07, 6.45) is 0. The molecule has 0 saturated heterocycles. The summed E-state index contributed by atoms with van der Waals surface area (Å²) in [4.78, 5) is 10.5. The number of carbonyl (C=O) groups is 1. The van der Waals surface area contributed by atoms with Gasteiger partial charge in [-0.25, -0.2) is 17.6 Å². The fourth-order valence-corrected chi connectivity index (χ4v) is 3.24. The molecule has 0 fully saturated rings. The molecule has 0 bridgehead atoms. The van der Waals surface area contributed by atoms with E-state index < -0.39 is 27.5 Å². The second-order valence-electron chi connectivity index (χ2n) is 4.67. The largest absolute Gasteiger partial charge is 0.478 e. The number of hydrogen-bond acceptors (Lipinski definition) is 4. The van der Waals surface area contributed by atoms with Gasteiger partial charge < -0.3 is 5.11 Å². The van der Waals surface area contributed by atoms with Crippen LogP contribution in [0.3, 0.4) is 0 Å². The number of hydrogen-bond donors (Lipinski definition) is 2. The molecule has 2 aromatic carbocycles. The van der Waals surface area contributed by atoms with Crippen molar-refractivity contribution >= 4 is 21.7 Å². The number of carboxylic acid groups (broad SMARTS) is 1. The van der Waals surface area contributed by atoms with Crippen LogP contribution >= 0.6 is 0 Å². The minimum Gasteiger partial charge on any atom is -0.478 e. The maximum atomic E-state index is 13.9. The normalized spacial score (nSPS) is 10.8. The zero-order chi connectivity index (χ0) is 17.2. The van der Waals surface area contributed by atoms with Crippen LogP contribution in [0.5, 0.6) is 0 Å². The molecule has 0 atom stereocenters. The Bertz CT molecular complexity index is 933. The minimum atomic E-state index is -4.19. The van der Waals surface area contributed by atoms with E-state index >= 15 is 0 Å². The Morgan fingerprint density at radius 3 is 2.57 bits per heavy atom. The number of benzene rings is 2. The molecule has 8 heteroatoms. The smallest absolute Gasteiger partial charge is 0.335 e. The summed E-state index contributed by atoms with van der Waals surface area (Å²) in [6.45, 7) is 1.58. The Morgan fingerprint density at radius 2 is 2.00 bits per heavy atom. The van der Waals surface area contributed by atoms with Gasteiger partial charge in [-0.2, -0.15) is 5.26 Å². The van der Waals surface area contributed by atoms with E-state index in [9.17, 15) is 17.6 Å². The van der Waals surface area contributed by atoms with Crippen LogP contribution in [0, 0.1) is 24.1 Å². The Hall–Kier alpha value is -2.92. The van der Waals surface area contributed by atoms with Gasteiger partial charge in [0.05, 0.1) is 16.8 Å². The van der Waals surface area contributed by atoms with E-state index in [0.717, 1.165) is 12.1 Å². The standard InChI is InChI=1S/C15H11FN2O4S/c1-9-3-2-4-14(11(9)8-17)23(21,22)18-13-6-5-10(15(19)20)7-12(13)16/h2-7,18H,1H3,(H,19,20). The van der Waals surface area contributed by atoms with Gasteiger partial charge in [0.25, 0.3) is 10.0 Å². The van der Waals surface area contributed by atoms with Crippen LogP contribution in [-0.4, -0.2) is 19.5 Å². The van der Waals surface area contributed by atoms with Gasteiger partial charge in [-0.1, -0.05) is 12.1 Å². The van der Waals surface area contributed by atoms with Crippen molar-refractivity contribution in [2.24, 2.45) is 0 Å². The number of rotatable bonds is 4. The predicted octanol–water partition coefficient (Wildman–Crippen LogP) is 2.50. The second kappa shape index (κ2) is 6.06. The van der Waals surface area contributed by atoms with Gasteiger partial charge in [-0.05, 0) is 36.8 Å². The molecular formula is C15H11FN2O4S. The highest BCUT2D eigenvalue weighted by molar-refractivity contribution is 7.92. The number of nitrogens with one attached hydrogen (secondary N) is 1. The van der Waals surface area contributed by atoms with Crippen LogP contribution in [0.15, 0.2) is 41.3 Å². The average Bonchev–Trinajstić information content (AvgIpc) is 2.48. The lowest BCUT2D eigenvalue weighted by molar-refractivity contribution is 0.0696. The van der Waals surface area contributed by atoms with Crippen molar-refractivity contribution < 1.29 is 22.7 Å². The van der Waals surface area contributed by atoms with Gasteiger partial charge in [0.15, 0.2) is 0 Å². The monoisotopic (exact) mass is 334 g/mol. The molecule has 0 saturated carbocycles. The summed E-state index contributed by atoms with van der Waals surface area (Å²) < 4.78 is 40.6. The summed E-state index contributed by atoms with van der Waals surface area (Å²) in [5.41, 5.74) is -0.279. The molecule has 0 aliphatic carbocycles. The van der Waals surface area contributed by atoms with Crippen LogP contribution in [0.1, 0.15) is 21.5 Å². The summed E-state index contributed by atoms with van der Waals surface area (Å²) in [5.74, 6) is -2.36. The number of carboxylic acids is 1. The van der Waals surface area contributed by atoms with Crippen molar-refractivity contribution in [3.63, 3.8) is 0 Å². The maximum Gasteiger partial charge on any atom is 0.335 e. The van der Waals surface area contributed by atoms with E-state index in [1.54, 1.807) is 19.1 Å². The molecule has 6 nitrogen and oxygen atoms in total. The fraction of sp³-hybridized carbons (Fsp3) is 0.0667. The van der Waals surface area contributed by atoms with Crippen molar-refractivity contribution in [1.29, 1.82) is 5.26 Å². The van der Waals surface area contributed by atoms with E-state index in [2.05, 4.69) is 0 Å². The Morgan fingerprint density at radius 1 is 1.30 bits per heavy atom. The molecule has 0 heterocycles. The maximum absolute atomic E-state index is 13.9. The van der Waals surface area contributed by atoms with Crippen molar-refractivity contribution in [1.82, 2.24) is 0 Å². The molecular weight excluding hydrogens is 323 g/mol. The highest BCUT2D eigenvalue weighted by Gasteiger charge is 2.21. The Kier molecular flexibility index (Phi) is 4.33. The summed E-state index contributed by atoms with van der Waals surface area (Å²) in [7, 11) is -4.19. The first-order valence-corrected chi connectivity index (χ1v) is 7.80. The van der Waals surface area contributed by atoms with Gasteiger partial charge in [-0.3, -0.25) is 4.72 Å². The van der Waals surface area contributed by atoms with Crippen LogP contribution in [0.4, 0.5) is 10.1 Å². The lowest BCUT2D eigenvalue weighted by Crippen LogP contribution is -2.16. The highest BCUT2D eigenvalue weighted by atomic mass is 32.2. The van der Waals surface area contributed by atoms with Gasteiger partial charge in [-0.15, -0.1) is 0 Å². The molecule has 0 amide bonds. The van der Waals surface area contributed by atoms with Gasteiger partial charge in [0, 0.05) is 0 Å². The van der Waals surface area contributed by atoms with Gasteiger partial charge >= 0.3 is 5.97 Å². The number of aromatic carboxylic acids is 1. The van der Waals surface area contributed by atoms with Crippen molar-refractivity contribution in [3.05, 3.63) is 58.9 Å². The summed E-state index contributed by atoms with van der Waals surface area (Å²) in [6, 6.07) is 8.88. The van der Waals surface area contributed by atoms with E-state index in [-0.39, 0.29) is 16.0 Å². The van der Waals surface area contributed by atoms with E-state index in [1.807, 2.05) is 4.72 Å². The molecule has 2 N–H and O–H groups in total.